The lowest BCUT2D eigenvalue weighted by Crippen LogP contribution is -2.19. The molecule has 0 radical (unpaired) electrons. The molecule has 0 spiro atoms. The van der Waals surface area contributed by atoms with Gasteiger partial charge in [0.15, 0.2) is 0 Å². The van der Waals surface area contributed by atoms with Gasteiger partial charge >= 0.3 is 0 Å². The lowest BCUT2D eigenvalue weighted by molar-refractivity contribution is -0.120. The van der Waals surface area contributed by atoms with E-state index in [1.807, 2.05) is 30.3 Å². The van der Waals surface area contributed by atoms with E-state index >= 15 is 0 Å². The SMILES string of the molecule is Nc1nnc(CC(=O)N/N=C/c2cc(Cl)ccc2OCc2ccccc2)s1. The van der Waals surface area contributed by atoms with Crippen LogP contribution >= 0.6 is 22.9 Å². The second kappa shape index (κ2) is 9.11. The third kappa shape index (κ3) is 5.77. The summed E-state index contributed by atoms with van der Waals surface area (Å²) in [5.41, 5.74) is 9.62. The Bertz CT molecular complexity index is 946. The number of aromatic nitrogens is 2. The predicted octanol–water partition coefficient (Wildman–Crippen LogP) is 3.05. The number of carbonyl (C=O) groups excluding carboxylic acids is 1. The number of benzene rings is 2. The second-order valence-electron chi connectivity index (χ2n) is 5.46. The monoisotopic (exact) mass is 401 g/mol. The zero-order valence-electron chi connectivity index (χ0n) is 14.1. The van der Waals surface area contributed by atoms with E-state index < -0.39 is 0 Å². The summed E-state index contributed by atoms with van der Waals surface area (Å²) in [7, 11) is 0. The molecule has 3 N–H and O–H groups in total. The van der Waals surface area contributed by atoms with Crippen LogP contribution in [0.5, 0.6) is 5.75 Å². The van der Waals surface area contributed by atoms with Gasteiger partial charge in [0.1, 0.15) is 17.4 Å². The van der Waals surface area contributed by atoms with E-state index in [1.54, 1.807) is 18.2 Å². The summed E-state index contributed by atoms with van der Waals surface area (Å²) in [5, 5.41) is 12.8. The smallest absolute Gasteiger partial charge is 0.247 e. The van der Waals surface area contributed by atoms with Crippen molar-refractivity contribution < 1.29 is 9.53 Å². The van der Waals surface area contributed by atoms with Crippen molar-refractivity contribution in [3.63, 3.8) is 0 Å². The summed E-state index contributed by atoms with van der Waals surface area (Å²) in [6.45, 7) is 0.411. The number of ether oxygens (including phenoxy) is 1. The number of hydrogen-bond donors (Lipinski definition) is 2. The Morgan fingerprint density at radius 2 is 2.07 bits per heavy atom. The van der Waals surface area contributed by atoms with E-state index in [2.05, 4.69) is 20.7 Å². The van der Waals surface area contributed by atoms with Gasteiger partial charge in [0, 0.05) is 10.6 Å². The van der Waals surface area contributed by atoms with Gasteiger partial charge in [0.05, 0.1) is 12.6 Å². The summed E-state index contributed by atoms with van der Waals surface area (Å²) in [4.78, 5) is 11.9. The first-order valence-corrected chi connectivity index (χ1v) is 9.15. The highest BCUT2D eigenvalue weighted by atomic mass is 35.5. The van der Waals surface area contributed by atoms with Crippen LogP contribution in [0, 0.1) is 0 Å². The Balaban J connectivity index is 1.61. The molecule has 3 rings (SSSR count). The number of anilines is 1. The van der Waals surface area contributed by atoms with Crippen LogP contribution in [0.15, 0.2) is 53.6 Å². The number of carbonyl (C=O) groups is 1. The van der Waals surface area contributed by atoms with E-state index in [-0.39, 0.29) is 12.3 Å². The van der Waals surface area contributed by atoms with Crippen LogP contribution in [-0.4, -0.2) is 22.3 Å². The molecule has 0 aliphatic heterocycles. The van der Waals surface area contributed by atoms with E-state index in [4.69, 9.17) is 22.1 Å². The van der Waals surface area contributed by atoms with Gasteiger partial charge in [-0.3, -0.25) is 4.79 Å². The number of rotatable bonds is 7. The third-order valence-electron chi connectivity index (χ3n) is 3.40. The molecule has 0 aliphatic carbocycles. The van der Waals surface area contributed by atoms with Crippen LogP contribution in [0.25, 0.3) is 0 Å². The standard InChI is InChI=1S/C18H16ClN5O2S/c19-14-6-7-15(26-11-12-4-2-1-3-5-12)13(8-14)10-21-22-16(25)9-17-23-24-18(20)27-17/h1-8,10H,9,11H2,(H2,20,24)(H,22,25)/b21-10+. The Labute approximate surface area is 164 Å². The van der Waals surface area contributed by atoms with Crippen molar-refractivity contribution >= 4 is 40.2 Å². The lowest BCUT2D eigenvalue weighted by atomic mass is 10.2. The summed E-state index contributed by atoms with van der Waals surface area (Å²) >= 11 is 7.22. The van der Waals surface area contributed by atoms with Crippen LogP contribution in [0.2, 0.25) is 5.02 Å². The molecule has 0 atom stereocenters. The van der Waals surface area contributed by atoms with Gasteiger partial charge in [0.25, 0.3) is 0 Å². The molecule has 0 bridgehead atoms. The molecule has 3 aromatic rings. The highest BCUT2D eigenvalue weighted by Gasteiger charge is 2.08. The van der Waals surface area contributed by atoms with Crippen molar-refractivity contribution in [2.24, 2.45) is 5.10 Å². The minimum absolute atomic E-state index is 0.0547. The summed E-state index contributed by atoms with van der Waals surface area (Å²) < 4.78 is 5.84. The molecule has 0 saturated heterocycles. The zero-order valence-corrected chi connectivity index (χ0v) is 15.7. The maximum Gasteiger partial charge on any atom is 0.247 e. The van der Waals surface area contributed by atoms with Gasteiger partial charge in [-0.1, -0.05) is 53.3 Å². The maximum absolute atomic E-state index is 11.9. The third-order valence-corrected chi connectivity index (χ3v) is 4.38. The molecule has 138 valence electrons. The molecule has 2 aromatic carbocycles. The van der Waals surface area contributed by atoms with Gasteiger partial charge in [-0.05, 0) is 23.8 Å². The van der Waals surface area contributed by atoms with Crippen molar-refractivity contribution in [2.45, 2.75) is 13.0 Å². The van der Waals surface area contributed by atoms with E-state index in [0.29, 0.717) is 33.1 Å². The molecule has 0 saturated carbocycles. The van der Waals surface area contributed by atoms with Gasteiger partial charge in [-0.2, -0.15) is 5.10 Å². The average Bonchev–Trinajstić information content (AvgIpc) is 3.06. The number of hydrogen-bond acceptors (Lipinski definition) is 7. The number of hydrazone groups is 1. The molecule has 7 nitrogen and oxygen atoms in total. The lowest BCUT2D eigenvalue weighted by Gasteiger charge is -2.09. The topological polar surface area (TPSA) is 102 Å². The average molecular weight is 402 g/mol. The highest BCUT2D eigenvalue weighted by molar-refractivity contribution is 7.15. The van der Waals surface area contributed by atoms with Crippen molar-refractivity contribution in [3.05, 3.63) is 69.7 Å². The fourth-order valence-electron chi connectivity index (χ4n) is 2.18. The molecule has 27 heavy (non-hydrogen) atoms. The van der Waals surface area contributed by atoms with E-state index in [1.165, 1.54) is 6.21 Å². The first-order valence-electron chi connectivity index (χ1n) is 7.96. The van der Waals surface area contributed by atoms with E-state index in [0.717, 1.165) is 16.9 Å². The first-order chi connectivity index (χ1) is 13.1. The molecule has 9 heteroatoms. The number of amides is 1. The predicted molar refractivity (Wildman–Crippen MR) is 106 cm³/mol. The highest BCUT2D eigenvalue weighted by Crippen LogP contribution is 2.22. The Morgan fingerprint density at radius 1 is 1.26 bits per heavy atom. The van der Waals surface area contributed by atoms with Crippen molar-refractivity contribution in [2.75, 3.05) is 5.73 Å². The van der Waals surface area contributed by atoms with Crippen LogP contribution in [-0.2, 0) is 17.8 Å². The fraction of sp³-hybridized carbons (Fsp3) is 0.111. The zero-order chi connectivity index (χ0) is 19.1. The molecule has 0 aliphatic rings. The molecule has 0 unspecified atom stereocenters. The van der Waals surface area contributed by atoms with Crippen molar-refractivity contribution in [3.8, 4) is 5.75 Å². The Hall–Kier alpha value is -2.97. The molecular weight excluding hydrogens is 386 g/mol. The number of nitrogen functional groups attached to an aromatic ring is 1. The summed E-state index contributed by atoms with van der Waals surface area (Å²) in [5.74, 6) is 0.286. The Morgan fingerprint density at radius 3 is 2.81 bits per heavy atom. The molecule has 1 aromatic heterocycles. The minimum atomic E-state index is -0.323. The second-order valence-corrected chi connectivity index (χ2v) is 6.99. The van der Waals surface area contributed by atoms with Crippen molar-refractivity contribution in [1.29, 1.82) is 0 Å². The van der Waals surface area contributed by atoms with Gasteiger partial charge in [-0.15, -0.1) is 10.2 Å². The quantitative estimate of drug-likeness (QED) is 0.468. The molecule has 1 heterocycles. The molecule has 0 fully saturated rings. The minimum Gasteiger partial charge on any atom is -0.488 e. The number of nitrogens with zero attached hydrogens (tertiary/aromatic N) is 3. The summed E-state index contributed by atoms with van der Waals surface area (Å²) in [6.07, 6.45) is 1.54. The fourth-order valence-corrected chi connectivity index (χ4v) is 2.96. The number of halogens is 1. The maximum atomic E-state index is 11.9. The van der Waals surface area contributed by atoms with Gasteiger partial charge in [-0.25, -0.2) is 5.43 Å². The normalized spacial score (nSPS) is 10.9. The van der Waals surface area contributed by atoms with Crippen molar-refractivity contribution in [1.82, 2.24) is 15.6 Å². The number of nitrogens with one attached hydrogen (secondary N) is 1. The number of nitrogens with two attached hydrogens (primary N) is 1. The summed E-state index contributed by atoms with van der Waals surface area (Å²) in [6, 6.07) is 15.0. The largest absolute Gasteiger partial charge is 0.488 e. The van der Waals surface area contributed by atoms with Crippen LogP contribution in [0.3, 0.4) is 0 Å². The first kappa shape index (κ1) is 18.8. The van der Waals surface area contributed by atoms with Gasteiger partial charge < -0.3 is 10.5 Å². The Kier molecular flexibility index (Phi) is 6.35. The van der Waals surface area contributed by atoms with Crippen LogP contribution < -0.4 is 15.9 Å². The molecule has 1 amide bonds. The molecular formula is C18H16ClN5O2S. The van der Waals surface area contributed by atoms with Crippen LogP contribution in [0.4, 0.5) is 5.13 Å². The van der Waals surface area contributed by atoms with E-state index in [9.17, 15) is 4.79 Å². The van der Waals surface area contributed by atoms with Gasteiger partial charge in [0.2, 0.25) is 11.0 Å². The van der Waals surface area contributed by atoms with Crippen LogP contribution in [0.1, 0.15) is 16.1 Å².